The quantitative estimate of drug-likeness (QED) is 0.792. The van der Waals surface area contributed by atoms with Crippen LogP contribution in [-0.4, -0.2) is 43.1 Å². The van der Waals surface area contributed by atoms with E-state index in [-0.39, 0.29) is 0 Å². The van der Waals surface area contributed by atoms with E-state index in [1.807, 2.05) is 13.8 Å². The molecule has 0 spiro atoms. The van der Waals surface area contributed by atoms with Crippen LogP contribution in [0.25, 0.3) is 12.2 Å². The Bertz CT molecular complexity index is 496. The van der Waals surface area contributed by atoms with Crippen molar-refractivity contribution < 1.29 is 4.42 Å². The summed E-state index contributed by atoms with van der Waals surface area (Å²) in [5, 5.41) is 0. The molecular formula is C17H27N3O. The third-order valence-electron chi connectivity index (χ3n) is 3.80. The molecule has 0 saturated carbocycles. The predicted octanol–water partition coefficient (Wildman–Crippen LogP) is 3.52. The summed E-state index contributed by atoms with van der Waals surface area (Å²) in [4.78, 5) is 9.20. The molecule has 1 saturated heterocycles. The first kappa shape index (κ1) is 15.8. The van der Waals surface area contributed by atoms with Gasteiger partial charge in [-0.1, -0.05) is 32.9 Å². The summed E-state index contributed by atoms with van der Waals surface area (Å²) >= 11 is 0. The minimum Gasteiger partial charge on any atom is -0.423 e. The summed E-state index contributed by atoms with van der Waals surface area (Å²) in [6.07, 6.45) is 9.58. The van der Waals surface area contributed by atoms with Gasteiger partial charge in [0, 0.05) is 26.2 Å². The van der Waals surface area contributed by atoms with Gasteiger partial charge in [-0.3, -0.25) is 0 Å². The van der Waals surface area contributed by atoms with Gasteiger partial charge >= 0.3 is 0 Å². The number of hydrogen-bond donors (Lipinski definition) is 0. The molecular weight excluding hydrogens is 262 g/mol. The molecule has 21 heavy (non-hydrogen) atoms. The second-order valence-electron chi connectivity index (χ2n) is 5.51. The number of anilines is 1. The number of allylic oxidation sites excluding steroid dienone is 2. The Morgan fingerprint density at radius 2 is 1.86 bits per heavy atom. The predicted molar refractivity (Wildman–Crippen MR) is 89.4 cm³/mol. The highest BCUT2D eigenvalue weighted by molar-refractivity contribution is 5.61. The molecule has 2 aliphatic rings. The molecule has 1 aliphatic heterocycles. The first-order valence-electron chi connectivity index (χ1n) is 8.01. The molecule has 0 amide bonds. The standard InChI is InChI=1S/C15H21N3O.C2H6/c1-12-4-3-5-14-13(7-6-12)16-15(19-14)18-10-8-17(2)9-11-18;1-2/h3,5-7,12H,4,8-11H2,1-2H3;1-2H3/b5-3?,7-6-;. The monoisotopic (exact) mass is 289 g/mol. The van der Waals surface area contributed by atoms with E-state index in [2.05, 4.69) is 53.1 Å². The molecule has 0 bridgehead atoms. The van der Waals surface area contributed by atoms with Crippen molar-refractivity contribution in [2.45, 2.75) is 27.2 Å². The van der Waals surface area contributed by atoms with Crippen LogP contribution in [0.2, 0.25) is 0 Å². The van der Waals surface area contributed by atoms with Crippen LogP contribution in [0.3, 0.4) is 0 Å². The molecule has 1 aromatic rings. The van der Waals surface area contributed by atoms with Gasteiger partial charge in [0.2, 0.25) is 0 Å². The maximum Gasteiger partial charge on any atom is 0.298 e. The summed E-state index contributed by atoms with van der Waals surface area (Å²) in [6, 6.07) is 0.766. The Morgan fingerprint density at radius 1 is 1.14 bits per heavy atom. The first-order chi connectivity index (χ1) is 10.2. The lowest BCUT2D eigenvalue weighted by atomic mass is 10.0. The summed E-state index contributed by atoms with van der Waals surface area (Å²) in [5.74, 6) is 1.45. The number of piperazine rings is 1. The largest absolute Gasteiger partial charge is 0.423 e. The molecule has 3 rings (SSSR count). The van der Waals surface area contributed by atoms with Crippen LogP contribution < -0.4 is 4.90 Å². The van der Waals surface area contributed by atoms with Crippen molar-refractivity contribution in [1.29, 1.82) is 0 Å². The molecule has 4 nitrogen and oxygen atoms in total. The lowest BCUT2D eigenvalue weighted by Gasteiger charge is -2.31. The van der Waals surface area contributed by atoms with Gasteiger partial charge in [-0.2, -0.15) is 4.98 Å². The maximum absolute atomic E-state index is 5.91. The molecule has 0 radical (unpaired) electrons. The summed E-state index contributed by atoms with van der Waals surface area (Å²) in [6.45, 7) is 10.3. The Morgan fingerprint density at radius 3 is 2.57 bits per heavy atom. The fourth-order valence-corrected chi connectivity index (χ4v) is 2.43. The van der Waals surface area contributed by atoms with Crippen molar-refractivity contribution in [3.63, 3.8) is 0 Å². The zero-order chi connectivity index (χ0) is 15.2. The van der Waals surface area contributed by atoms with E-state index in [0.29, 0.717) is 5.92 Å². The molecule has 0 aromatic carbocycles. The second-order valence-corrected chi connectivity index (χ2v) is 5.51. The fraction of sp³-hybridized carbons (Fsp3) is 0.588. The first-order valence-corrected chi connectivity index (χ1v) is 8.01. The molecule has 2 heterocycles. The summed E-state index contributed by atoms with van der Waals surface area (Å²) < 4.78 is 5.91. The highest BCUT2D eigenvalue weighted by Gasteiger charge is 2.20. The highest BCUT2D eigenvalue weighted by Crippen LogP contribution is 2.25. The van der Waals surface area contributed by atoms with E-state index < -0.39 is 0 Å². The number of aromatic nitrogens is 1. The molecule has 1 atom stereocenters. The molecule has 1 aliphatic carbocycles. The highest BCUT2D eigenvalue weighted by atomic mass is 16.4. The van der Waals surface area contributed by atoms with E-state index in [1.165, 1.54) is 0 Å². The molecule has 1 aromatic heterocycles. The van der Waals surface area contributed by atoms with Crippen molar-refractivity contribution in [3.05, 3.63) is 23.6 Å². The van der Waals surface area contributed by atoms with Crippen molar-refractivity contribution >= 4 is 18.2 Å². The maximum atomic E-state index is 5.91. The number of rotatable bonds is 1. The Labute approximate surface area is 128 Å². The van der Waals surface area contributed by atoms with Gasteiger partial charge in [0.05, 0.1) is 0 Å². The van der Waals surface area contributed by atoms with Gasteiger partial charge < -0.3 is 14.2 Å². The Balaban J connectivity index is 0.000000774. The van der Waals surface area contributed by atoms with Gasteiger partial charge in [-0.05, 0) is 31.5 Å². The van der Waals surface area contributed by atoms with Crippen LogP contribution in [0, 0.1) is 5.92 Å². The van der Waals surface area contributed by atoms with Gasteiger partial charge in [0.1, 0.15) is 5.69 Å². The lowest BCUT2D eigenvalue weighted by molar-refractivity contribution is 0.304. The molecule has 1 unspecified atom stereocenters. The molecule has 116 valence electrons. The Kier molecular flexibility index (Phi) is 5.62. The SMILES string of the molecule is CC.CC1/C=C\c2nc(N3CCN(C)CC3)oc2C=CC1. The van der Waals surface area contributed by atoms with Crippen LogP contribution in [0.5, 0.6) is 0 Å². The van der Waals surface area contributed by atoms with E-state index in [4.69, 9.17) is 4.42 Å². The van der Waals surface area contributed by atoms with Gasteiger partial charge in [-0.15, -0.1) is 0 Å². The zero-order valence-corrected chi connectivity index (χ0v) is 13.7. The van der Waals surface area contributed by atoms with E-state index in [0.717, 1.165) is 50.1 Å². The number of fused-ring (bicyclic) bond motifs is 1. The van der Waals surface area contributed by atoms with Crippen molar-refractivity contribution in [2.75, 3.05) is 38.1 Å². The second kappa shape index (κ2) is 7.46. The van der Waals surface area contributed by atoms with Gasteiger partial charge in [0.25, 0.3) is 6.01 Å². The van der Waals surface area contributed by atoms with Crippen molar-refractivity contribution in [3.8, 4) is 0 Å². The average molecular weight is 289 g/mol. The zero-order valence-electron chi connectivity index (χ0n) is 13.7. The third-order valence-corrected chi connectivity index (χ3v) is 3.80. The van der Waals surface area contributed by atoms with Crippen LogP contribution in [0.1, 0.15) is 38.6 Å². The average Bonchev–Trinajstić information content (AvgIpc) is 2.89. The van der Waals surface area contributed by atoms with Crippen LogP contribution in [0.15, 0.2) is 16.6 Å². The fourth-order valence-electron chi connectivity index (χ4n) is 2.43. The smallest absolute Gasteiger partial charge is 0.298 e. The van der Waals surface area contributed by atoms with Crippen LogP contribution in [0.4, 0.5) is 6.01 Å². The van der Waals surface area contributed by atoms with Crippen molar-refractivity contribution in [1.82, 2.24) is 9.88 Å². The number of nitrogens with zero attached hydrogens (tertiary/aromatic N) is 3. The van der Waals surface area contributed by atoms with E-state index in [1.54, 1.807) is 0 Å². The third kappa shape index (κ3) is 3.97. The number of hydrogen-bond acceptors (Lipinski definition) is 4. The van der Waals surface area contributed by atoms with Crippen molar-refractivity contribution in [2.24, 2.45) is 5.92 Å². The Hall–Kier alpha value is -1.55. The van der Waals surface area contributed by atoms with Crippen LogP contribution >= 0.6 is 0 Å². The topological polar surface area (TPSA) is 32.5 Å². The molecule has 0 N–H and O–H groups in total. The summed E-state index contributed by atoms with van der Waals surface area (Å²) in [5.41, 5.74) is 0.955. The minimum atomic E-state index is 0.563. The number of likely N-dealkylation sites (N-methyl/N-ethyl adjacent to an activating group) is 1. The van der Waals surface area contributed by atoms with E-state index in [9.17, 15) is 0 Å². The van der Waals surface area contributed by atoms with E-state index >= 15 is 0 Å². The number of oxazole rings is 1. The summed E-state index contributed by atoms with van der Waals surface area (Å²) in [7, 11) is 2.15. The van der Waals surface area contributed by atoms with Crippen LogP contribution in [-0.2, 0) is 0 Å². The molecule has 1 fully saturated rings. The van der Waals surface area contributed by atoms with Gasteiger partial charge in [0.15, 0.2) is 5.76 Å². The lowest BCUT2D eigenvalue weighted by Crippen LogP contribution is -2.44. The normalized spacial score (nSPS) is 23.6. The van der Waals surface area contributed by atoms with Gasteiger partial charge in [-0.25, -0.2) is 0 Å². The molecule has 4 heteroatoms. The minimum absolute atomic E-state index is 0.563.